The molecule has 5 heteroatoms. The molecule has 1 aliphatic heterocycles. The lowest BCUT2D eigenvalue weighted by molar-refractivity contribution is 0.0748. The summed E-state index contributed by atoms with van der Waals surface area (Å²) in [6.07, 6.45) is 0. The van der Waals surface area contributed by atoms with Gasteiger partial charge in [-0.15, -0.1) is 0 Å². The Labute approximate surface area is 207 Å². The highest BCUT2D eigenvalue weighted by Crippen LogP contribution is 2.28. The SMILES string of the molecule is CCOc1ccc(-c2cc(C(=O)N3CCN(c4cccc(C)c4C)CC3)c3ccccc3n2)cc1. The zero-order valence-corrected chi connectivity index (χ0v) is 20.6. The zero-order valence-electron chi connectivity index (χ0n) is 20.6. The lowest BCUT2D eigenvalue weighted by Crippen LogP contribution is -2.49. The molecule has 2 heterocycles. The van der Waals surface area contributed by atoms with Crippen LogP contribution in [-0.2, 0) is 0 Å². The Kier molecular flexibility index (Phi) is 6.41. The molecule has 1 amide bonds. The standard InChI is InChI=1S/C30H31N3O2/c1-4-35-24-14-12-23(13-15-24)28-20-26(25-9-5-6-10-27(25)31-28)30(34)33-18-16-32(17-19-33)29-11-7-8-21(2)22(29)3/h5-15,20H,4,16-19H2,1-3H3. The molecule has 3 aromatic carbocycles. The first kappa shape index (κ1) is 22.9. The Bertz CT molecular complexity index is 1360. The van der Waals surface area contributed by atoms with E-state index in [1.165, 1.54) is 16.8 Å². The van der Waals surface area contributed by atoms with Crippen molar-refractivity contribution in [1.82, 2.24) is 9.88 Å². The van der Waals surface area contributed by atoms with Gasteiger partial charge in [0.2, 0.25) is 0 Å². The van der Waals surface area contributed by atoms with Crippen molar-refractivity contribution in [2.45, 2.75) is 20.8 Å². The van der Waals surface area contributed by atoms with Gasteiger partial charge in [0.1, 0.15) is 5.75 Å². The molecule has 0 N–H and O–H groups in total. The third kappa shape index (κ3) is 4.59. The summed E-state index contributed by atoms with van der Waals surface area (Å²) in [4.78, 5) is 23.0. The fourth-order valence-electron chi connectivity index (χ4n) is 4.79. The number of pyridine rings is 1. The van der Waals surface area contributed by atoms with E-state index in [1.54, 1.807) is 0 Å². The van der Waals surface area contributed by atoms with Crippen LogP contribution in [-0.4, -0.2) is 48.6 Å². The second-order valence-electron chi connectivity index (χ2n) is 9.03. The Morgan fingerprint density at radius 3 is 2.40 bits per heavy atom. The van der Waals surface area contributed by atoms with E-state index < -0.39 is 0 Å². The van der Waals surface area contributed by atoms with Crippen molar-refractivity contribution in [2.24, 2.45) is 0 Å². The highest BCUT2D eigenvalue weighted by molar-refractivity contribution is 6.07. The number of anilines is 1. The molecule has 0 atom stereocenters. The van der Waals surface area contributed by atoms with Gasteiger partial charge in [-0.2, -0.15) is 0 Å². The summed E-state index contributed by atoms with van der Waals surface area (Å²) in [7, 11) is 0. The molecule has 178 valence electrons. The number of carbonyl (C=O) groups is 1. The summed E-state index contributed by atoms with van der Waals surface area (Å²) < 4.78 is 5.58. The van der Waals surface area contributed by atoms with E-state index >= 15 is 0 Å². The van der Waals surface area contributed by atoms with E-state index in [0.29, 0.717) is 25.3 Å². The number of nitrogens with zero attached hydrogens (tertiary/aromatic N) is 3. The Hall–Kier alpha value is -3.86. The number of aryl methyl sites for hydroxylation is 1. The van der Waals surface area contributed by atoms with E-state index in [9.17, 15) is 4.79 Å². The number of hydrogen-bond donors (Lipinski definition) is 0. The van der Waals surface area contributed by atoms with Crippen molar-refractivity contribution in [3.8, 4) is 17.0 Å². The number of hydrogen-bond acceptors (Lipinski definition) is 4. The average molecular weight is 466 g/mol. The van der Waals surface area contributed by atoms with Gasteiger partial charge in [0, 0.05) is 42.8 Å². The van der Waals surface area contributed by atoms with Gasteiger partial charge in [0.05, 0.1) is 23.4 Å². The summed E-state index contributed by atoms with van der Waals surface area (Å²) in [5, 5.41) is 0.893. The maximum Gasteiger partial charge on any atom is 0.254 e. The number of aromatic nitrogens is 1. The number of ether oxygens (including phenoxy) is 1. The summed E-state index contributed by atoms with van der Waals surface area (Å²) in [5.74, 6) is 0.895. The Balaban J connectivity index is 1.42. The largest absolute Gasteiger partial charge is 0.494 e. The molecule has 35 heavy (non-hydrogen) atoms. The first-order chi connectivity index (χ1) is 17.0. The summed E-state index contributed by atoms with van der Waals surface area (Å²) in [5.41, 5.74) is 7.18. The summed E-state index contributed by atoms with van der Waals surface area (Å²) >= 11 is 0. The third-order valence-electron chi connectivity index (χ3n) is 6.89. The number of fused-ring (bicyclic) bond motifs is 1. The Morgan fingerprint density at radius 2 is 1.66 bits per heavy atom. The van der Waals surface area contributed by atoms with Crippen LogP contribution in [0.3, 0.4) is 0 Å². The van der Waals surface area contributed by atoms with E-state index in [2.05, 4.69) is 36.9 Å². The molecule has 1 saturated heterocycles. The van der Waals surface area contributed by atoms with E-state index in [4.69, 9.17) is 9.72 Å². The minimum absolute atomic E-state index is 0.0661. The van der Waals surface area contributed by atoms with Crippen molar-refractivity contribution < 1.29 is 9.53 Å². The predicted molar refractivity (Wildman–Crippen MR) is 142 cm³/mol. The summed E-state index contributed by atoms with van der Waals surface area (Å²) in [6.45, 7) is 9.96. The second-order valence-corrected chi connectivity index (χ2v) is 9.03. The smallest absolute Gasteiger partial charge is 0.254 e. The quantitative estimate of drug-likeness (QED) is 0.369. The van der Waals surface area contributed by atoms with Crippen molar-refractivity contribution >= 4 is 22.5 Å². The monoisotopic (exact) mass is 465 g/mol. The average Bonchev–Trinajstić information content (AvgIpc) is 2.90. The zero-order chi connectivity index (χ0) is 24.4. The van der Waals surface area contributed by atoms with Crippen LogP contribution in [0.4, 0.5) is 5.69 Å². The highest BCUT2D eigenvalue weighted by Gasteiger charge is 2.25. The maximum absolute atomic E-state index is 13.8. The molecule has 0 unspecified atom stereocenters. The lowest BCUT2D eigenvalue weighted by atomic mass is 10.0. The molecule has 5 nitrogen and oxygen atoms in total. The van der Waals surface area contributed by atoms with Gasteiger partial charge in [0.25, 0.3) is 5.91 Å². The third-order valence-corrected chi connectivity index (χ3v) is 6.89. The minimum atomic E-state index is 0.0661. The molecule has 0 aliphatic carbocycles. The first-order valence-corrected chi connectivity index (χ1v) is 12.3. The second kappa shape index (κ2) is 9.79. The van der Waals surface area contributed by atoms with Gasteiger partial charge in [-0.1, -0.05) is 30.3 Å². The predicted octanol–water partition coefficient (Wildman–Crippen LogP) is 5.88. The molecular weight excluding hydrogens is 434 g/mol. The van der Waals surface area contributed by atoms with E-state index in [1.807, 2.05) is 66.4 Å². The maximum atomic E-state index is 13.8. The van der Waals surface area contributed by atoms with Gasteiger partial charge in [-0.25, -0.2) is 4.98 Å². The number of amides is 1. The lowest BCUT2D eigenvalue weighted by Gasteiger charge is -2.37. The van der Waals surface area contributed by atoms with Crippen LogP contribution in [0.25, 0.3) is 22.2 Å². The van der Waals surface area contributed by atoms with Crippen LogP contribution < -0.4 is 9.64 Å². The normalized spacial score (nSPS) is 13.8. The number of rotatable bonds is 5. The first-order valence-electron chi connectivity index (χ1n) is 12.3. The molecule has 0 radical (unpaired) electrons. The highest BCUT2D eigenvalue weighted by atomic mass is 16.5. The molecule has 5 rings (SSSR count). The number of carbonyl (C=O) groups excluding carboxylic acids is 1. The molecule has 4 aromatic rings. The van der Waals surface area contributed by atoms with E-state index in [-0.39, 0.29) is 5.91 Å². The van der Waals surface area contributed by atoms with Crippen LogP contribution in [0.5, 0.6) is 5.75 Å². The number of para-hydroxylation sites is 1. The fraction of sp³-hybridized carbons (Fsp3) is 0.267. The van der Waals surface area contributed by atoms with Gasteiger partial charge < -0.3 is 14.5 Å². The van der Waals surface area contributed by atoms with Crippen LogP contribution >= 0.6 is 0 Å². The van der Waals surface area contributed by atoms with Crippen LogP contribution in [0.2, 0.25) is 0 Å². The summed E-state index contributed by atoms with van der Waals surface area (Å²) in [6, 6.07) is 24.2. The van der Waals surface area contributed by atoms with Crippen molar-refractivity contribution in [3.63, 3.8) is 0 Å². The number of benzene rings is 3. The molecule has 1 fully saturated rings. The van der Waals surface area contributed by atoms with E-state index in [0.717, 1.165) is 41.0 Å². The minimum Gasteiger partial charge on any atom is -0.494 e. The molecule has 1 aromatic heterocycles. The Morgan fingerprint density at radius 1 is 0.914 bits per heavy atom. The van der Waals surface area contributed by atoms with Crippen LogP contribution in [0.1, 0.15) is 28.4 Å². The van der Waals surface area contributed by atoms with Crippen molar-refractivity contribution in [3.05, 3.63) is 89.5 Å². The van der Waals surface area contributed by atoms with Crippen LogP contribution in [0.15, 0.2) is 72.8 Å². The molecule has 0 spiro atoms. The molecule has 0 saturated carbocycles. The van der Waals surface area contributed by atoms with Gasteiger partial charge in [-0.3, -0.25) is 4.79 Å². The fourth-order valence-corrected chi connectivity index (χ4v) is 4.79. The molecular formula is C30H31N3O2. The number of piperazine rings is 1. The van der Waals surface area contributed by atoms with Crippen molar-refractivity contribution in [1.29, 1.82) is 0 Å². The van der Waals surface area contributed by atoms with Gasteiger partial charge in [-0.05, 0) is 74.4 Å². The van der Waals surface area contributed by atoms with Gasteiger partial charge >= 0.3 is 0 Å². The van der Waals surface area contributed by atoms with Gasteiger partial charge in [0.15, 0.2) is 0 Å². The molecule has 1 aliphatic rings. The van der Waals surface area contributed by atoms with Crippen molar-refractivity contribution in [2.75, 3.05) is 37.7 Å². The topological polar surface area (TPSA) is 45.7 Å². The molecule has 0 bridgehead atoms. The van der Waals surface area contributed by atoms with Crippen LogP contribution in [0, 0.1) is 13.8 Å².